The number of nitrogens with zero attached hydrogens (tertiary/aromatic N) is 4. The van der Waals surface area contributed by atoms with Crippen LogP contribution in [0.1, 0.15) is 25.3 Å². The minimum Gasteiger partial charge on any atom is -0.358 e. The Morgan fingerprint density at radius 2 is 2.00 bits per heavy atom. The molecule has 4 rings (SSSR count). The van der Waals surface area contributed by atoms with Crippen LogP contribution in [0.5, 0.6) is 0 Å². The molecule has 1 aromatic carbocycles. The second kappa shape index (κ2) is 7.19. The Bertz CT molecular complexity index is 1090. The average Bonchev–Trinajstić information content (AvgIpc) is 3.40. The number of ketones is 1. The molecule has 0 unspecified atom stereocenters. The van der Waals surface area contributed by atoms with Gasteiger partial charge in [0.15, 0.2) is 5.78 Å². The fourth-order valence-electron chi connectivity index (χ4n) is 3.47. The summed E-state index contributed by atoms with van der Waals surface area (Å²) in [5.41, 5.74) is 1.01. The zero-order valence-corrected chi connectivity index (χ0v) is 16.3. The number of fused-ring (bicyclic) bond motifs is 1. The van der Waals surface area contributed by atoms with E-state index in [1.165, 1.54) is 23.6 Å². The number of aromatic nitrogens is 3. The first-order valence-corrected chi connectivity index (χ1v) is 9.56. The molecule has 0 atom stereocenters. The summed E-state index contributed by atoms with van der Waals surface area (Å²) in [6.45, 7) is 3.13. The predicted octanol–water partition coefficient (Wildman–Crippen LogP) is 2.84. The SMILES string of the molecule is CN(CC1(C)CC1)c1ccc(=O)n(CC(=O)Cc2ccc3cnccc3c2)n1. The van der Waals surface area contributed by atoms with Crippen LogP contribution in [0.3, 0.4) is 0 Å². The highest BCUT2D eigenvalue weighted by molar-refractivity contribution is 5.85. The van der Waals surface area contributed by atoms with Crippen LogP contribution >= 0.6 is 0 Å². The third-order valence-corrected chi connectivity index (χ3v) is 5.40. The molecule has 0 amide bonds. The Hall–Kier alpha value is -3.02. The number of rotatable bonds is 7. The van der Waals surface area contributed by atoms with Crippen LogP contribution in [-0.2, 0) is 17.8 Å². The van der Waals surface area contributed by atoms with E-state index in [4.69, 9.17) is 0 Å². The molecule has 28 heavy (non-hydrogen) atoms. The van der Waals surface area contributed by atoms with Gasteiger partial charge in [0.1, 0.15) is 12.4 Å². The van der Waals surface area contributed by atoms with Gasteiger partial charge in [-0.05, 0) is 41.3 Å². The standard InChI is InChI=1S/C22H24N4O2/c1-22(8-9-22)15-25(2)20-5-6-21(28)26(24-20)14-19(27)12-16-3-4-18-13-23-10-7-17(18)11-16/h3-7,10-11,13H,8-9,12,14-15H2,1-2H3. The molecule has 1 aliphatic rings. The summed E-state index contributed by atoms with van der Waals surface area (Å²) in [5, 5.41) is 6.50. The maximum atomic E-state index is 12.6. The van der Waals surface area contributed by atoms with Crippen LogP contribution in [0.2, 0.25) is 0 Å². The maximum absolute atomic E-state index is 12.6. The molecule has 1 aliphatic carbocycles. The van der Waals surface area contributed by atoms with Gasteiger partial charge in [0, 0.05) is 43.9 Å². The number of benzene rings is 1. The molecule has 1 fully saturated rings. The zero-order valence-electron chi connectivity index (χ0n) is 16.3. The molecular formula is C22H24N4O2. The quantitative estimate of drug-likeness (QED) is 0.634. The minimum atomic E-state index is -0.257. The summed E-state index contributed by atoms with van der Waals surface area (Å²) in [4.78, 5) is 30.9. The molecule has 0 bridgehead atoms. The maximum Gasteiger partial charge on any atom is 0.267 e. The van der Waals surface area contributed by atoms with E-state index in [9.17, 15) is 9.59 Å². The lowest BCUT2D eigenvalue weighted by atomic mass is 10.0. The van der Waals surface area contributed by atoms with Crippen molar-refractivity contribution >= 4 is 22.4 Å². The monoisotopic (exact) mass is 376 g/mol. The molecular weight excluding hydrogens is 352 g/mol. The van der Waals surface area contributed by atoms with Crippen molar-refractivity contribution in [3.63, 3.8) is 0 Å². The largest absolute Gasteiger partial charge is 0.358 e. The van der Waals surface area contributed by atoms with E-state index < -0.39 is 0 Å². The molecule has 1 saturated carbocycles. The fraction of sp³-hybridized carbons (Fsp3) is 0.364. The van der Waals surface area contributed by atoms with Crippen molar-refractivity contribution < 1.29 is 4.79 Å². The second-order valence-corrected chi connectivity index (χ2v) is 8.13. The number of carbonyl (C=O) groups excluding carboxylic acids is 1. The van der Waals surface area contributed by atoms with Crippen LogP contribution in [0, 0.1) is 5.41 Å². The molecule has 0 radical (unpaired) electrons. The van der Waals surface area contributed by atoms with E-state index in [0.29, 0.717) is 5.41 Å². The van der Waals surface area contributed by atoms with Gasteiger partial charge >= 0.3 is 0 Å². The zero-order chi connectivity index (χ0) is 19.7. The van der Waals surface area contributed by atoms with Gasteiger partial charge in [-0.1, -0.05) is 25.1 Å². The van der Waals surface area contributed by atoms with Gasteiger partial charge in [-0.3, -0.25) is 14.6 Å². The molecule has 3 aromatic rings. The summed E-state index contributed by atoms with van der Waals surface area (Å²) >= 11 is 0. The lowest BCUT2D eigenvalue weighted by Gasteiger charge is -2.22. The number of Topliss-reactive ketones (excluding diaryl/α,β-unsaturated/α-hetero) is 1. The molecule has 144 valence electrons. The minimum absolute atomic E-state index is 0.0217. The van der Waals surface area contributed by atoms with Crippen LogP contribution in [-0.4, -0.2) is 34.1 Å². The number of hydrogen-bond donors (Lipinski definition) is 0. The molecule has 2 heterocycles. The Morgan fingerprint density at radius 1 is 1.18 bits per heavy atom. The van der Waals surface area contributed by atoms with Gasteiger partial charge in [0.2, 0.25) is 0 Å². The highest BCUT2D eigenvalue weighted by Gasteiger charge is 2.38. The first kappa shape index (κ1) is 18.3. The lowest BCUT2D eigenvalue weighted by Crippen LogP contribution is -2.31. The normalized spacial score (nSPS) is 14.8. The first-order chi connectivity index (χ1) is 13.4. The number of pyridine rings is 1. The van der Waals surface area contributed by atoms with E-state index in [1.807, 2.05) is 31.3 Å². The van der Waals surface area contributed by atoms with Crippen LogP contribution in [0.25, 0.3) is 10.8 Å². The molecule has 0 saturated heterocycles. The Balaban J connectivity index is 1.47. The lowest BCUT2D eigenvalue weighted by molar-refractivity contribution is -0.119. The third kappa shape index (κ3) is 4.11. The fourth-order valence-corrected chi connectivity index (χ4v) is 3.47. The van der Waals surface area contributed by atoms with Gasteiger partial charge in [-0.15, -0.1) is 0 Å². The number of hydrogen-bond acceptors (Lipinski definition) is 5. The first-order valence-electron chi connectivity index (χ1n) is 9.56. The summed E-state index contributed by atoms with van der Waals surface area (Å²) in [5.74, 6) is 0.677. The Morgan fingerprint density at radius 3 is 2.79 bits per heavy atom. The third-order valence-electron chi connectivity index (χ3n) is 5.40. The van der Waals surface area contributed by atoms with Gasteiger partial charge in [-0.25, -0.2) is 4.68 Å². The molecule has 6 nitrogen and oxygen atoms in total. The van der Waals surface area contributed by atoms with Crippen LogP contribution < -0.4 is 10.5 Å². The summed E-state index contributed by atoms with van der Waals surface area (Å²) < 4.78 is 1.27. The van der Waals surface area contributed by atoms with Crippen molar-refractivity contribution in [3.8, 4) is 0 Å². The molecule has 6 heteroatoms. The van der Waals surface area contributed by atoms with E-state index >= 15 is 0 Å². The summed E-state index contributed by atoms with van der Waals surface area (Å²) in [6.07, 6.45) is 6.25. The topological polar surface area (TPSA) is 68.1 Å². The smallest absolute Gasteiger partial charge is 0.267 e. The van der Waals surface area contributed by atoms with E-state index in [2.05, 4.69) is 21.9 Å². The van der Waals surface area contributed by atoms with E-state index in [1.54, 1.807) is 18.5 Å². The molecule has 0 N–H and O–H groups in total. The van der Waals surface area contributed by atoms with E-state index in [-0.39, 0.29) is 24.3 Å². The number of anilines is 1. The van der Waals surface area contributed by atoms with Gasteiger partial charge < -0.3 is 4.90 Å². The summed E-state index contributed by atoms with van der Waals surface area (Å²) in [6, 6.07) is 11.0. The van der Waals surface area contributed by atoms with Crippen molar-refractivity contribution in [2.75, 3.05) is 18.5 Å². The average molecular weight is 376 g/mol. The summed E-state index contributed by atoms with van der Waals surface area (Å²) in [7, 11) is 1.98. The highest BCUT2D eigenvalue weighted by atomic mass is 16.1. The van der Waals surface area contributed by atoms with Crippen molar-refractivity contribution in [1.29, 1.82) is 0 Å². The second-order valence-electron chi connectivity index (χ2n) is 8.13. The van der Waals surface area contributed by atoms with Gasteiger partial charge in [0.05, 0.1) is 0 Å². The molecule has 2 aromatic heterocycles. The number of carbonyl (C=O) groups is 1. The van der Waals surface area contributed by atoms with Gasteiger partial charge in [-0.2, -0.15) is 5.10 Å². The van der Waals surface area contributed by atoms with Crippen molar-refractivity contribution in [1.82, 2.24) is 14.8 Å². The molecule has 0 aliphatic heterocycles. The van der Waals surface area contributed by atoms with Crippen molar-refractivity contribution in [2.24, 2.45) is 5.41 Å². The highest BCUT2D eigenvalue weighted by Crippen LogP contribution is 2.45. The van der Waals surface area contributed by atoms with Crippen LogP contribution in [0.15, 0.2) is 53.6 Å². The van der Waals surface area contributed by atoms with Crippen molar-refractivity contribution in [3.05, 3.63) is 64.7 Å². The van der Waals surface area contributed by atoms with Crippen LogP contribution in [0.4, 0.5) is 5.82 Å². The van der Waals surface area contributed by atoms with E-state index in [0.717, 1.165) is 28.7 Å². The molecule has 0 spiro atoms. The van der Waals surface area contributed by atoms with Crippen molar-refractivity contribution in [2.45, 2.75) is 32.7 Å². The predicted molar refractivity (Wildman–Crippen MR) is 110 cm³/mol. The Kier molecular flexibility index (Phi) is 4.71. The van der Waals surface area contributed by atoms with Gasteiger partial charge in [0.25, 0.3) is 5.56 Å². The Labute approximate surface area is 163 Å².